The van der Waals surface area contributed by atoms with Crippen molar-refractivity contribution in [2.45, 2.75) is 12.5 Å². The molecule has 7 heteroatoms. The SMILES string of the molecule is C#CCC(N)C(=O)Nc1c(Cl)cc(C(=O)O)cc1Cl. The summed E-state index contributed by atoms with van der Waals surface area (Å²) in [7, 11) is 0. The Kier molecular flexibility index (Phi) is 5.19. The number of anilines is 1. The molecule has 1 amide bonds. The average Bonchev–Trinajstić information content (AvgIpc) is 2.33. The van der Waals surface area contributed by atoms with Gasteiger partial charge in [-0.15, -0.1) is 12.3 Å². The summed E-state index contributed by atoms with van der Waals surface area (Å²) in [5.41, 5.74) is 5.54. The van der Waals surface area contributed by atoms with Crippen LogP contribution in [0, 0.1) is 12.3 Å². The fourth-order valence-electron chi connectivity index (χ4n) is 1.25. The van der Waals surface area contributed by atoms with Gasteiger partial charge < -0.3 is 16.2 Å². The summed E-state index contributed by atoms with van der Waals surface area (Å²) in [6.45, 7) is 0. The molecule has 0 bridgehead atoms. The van der Waals surface area contributed by atoms with Crippen LogP contribution in [0.25, 0.3) is 0 Å². The zero-order valence-electron chi connectivity index (χ0n) is 9.61. The van der Waals surface area contributed by atoms with E-state index in [2.05, 4.69) is 11.2 Å². The number of hydrogen-bond acceptors (Lipinski definition) is 3. The molecule has 0 saturated heterocycles. The third-order valence-electron chi connectivity index (χ3n) is 2.21. The number of amides is 1. The average molecular weight is 301 g/mol. The maximum Gasteiger partial charge on any atom is 0.335 e. The molecule has 0 aliphatic rings. The van der Waals surface area contributed by atoms with Crippen LogP contribution in [0.5, 0.6) is 0 Å². The Morgan fingerprint density at radius 1 is 1.42 bits per heavy atom. The number of terminal acetylenes is 1. The second-order valence-corrected chi connectivity index (χ2v) is 4.44. The van der Waals surface area contributed by atoms with E-state index in [9.17, 15) is 9.59 Å². The van der Waals surface area contributed by atoms with Gasteiger partial charge in [0.05, 0.1) is 27.3 Å². The molecule has 0 aromatic heterocycles. The first kappa shape index (κ1) is 15.3. The molecule has 0 spiro atoms. The van der Waals surface area contributed by atoms with E-state index in [1.165, 1.54) is 12.1 Å². The minimum Gasteiger partial charge on any atom is -0.478 e. The molecule has 5 nitrogen and oxygen atoms in total. The van der Waals surface area contributed by atoms with Gasteiger partial charge in [0.1, 0.15) is 0 Å². The number of carboxylic acids is 1. The monoisotopic (exact) mass is 300 g/mol. The van der Waals surface area contributed by atoms with Gasteiger partial charge in [-0.25, -0.2) is 4.79 Å². The van der Waals surface area contributed by atoms with Crippen molar-refractivity contribution in [3.05, 3.63) is 27.7 Å². The summed E-state index contributed by atoms with van der Waals surface area (Å²) in [6, 6.07) is 1.46. The van der Waals surface area contributed by atoms with Gasteiger partial charge >= 0.3 is 5.97 Å². The fraction of sp³-hybridized carbons (Fsp3) is 0.167. The van der Waals surface area contributed by atoms with Crippen LogP contribution in [-0.4, -0.2) is 23.0 Å². The molecule has 19 heavy (non-hydrogen) atoms. The molecule has 4 N–H and O–H groups in total. The Bertz CT molecular complexity index is 544. The molecule has 0 fully saturated rings. The quantitative estimate of drug-likeness (QED) is 0.741. The summed E-state index contributed by atoms with van der Waals surface area (Å²) in [6.07, 6.45) is 5.11. The van der Waals surface area contributed by atoms with Crippen molar-refractivity contribution < 1.29 is 14.7 Å². The summed E-state index contributed by atoms with van der Waals surface area (Å²) >= 11 is 11.7. The van der Waals surface area contributed by atoms with E-state index in [1.54, 1.807) is 0 Å². The summed E-state index contributed by atoms with van der Waals surface area (Å²) in [4.78, 5) is 22.4. The predicted molar refractivity (Wildman–Crippen MR) is 73.5 cm³/mol. The van der Waals surface area contributed by atoms with Crippen molar-refractivity contribution in [1.29, 1.82) is 0 Å². The lowest BCUT2D eigenvalue weighted by Gasteiger charge is -2.13. The van der Waals surface area contributed by atoms with Crippen molar-refractivity contribution >= 4 is 40.8 Å². The Morgan fingerprint density at radius 2 is 1.95 bits per heavy atom. The molecule has 1 rings (SSSR count). The van der Waals surface area contributed by atoms with Crippen LogP contribution >= 0.6 is 23.2 Å². The smallest absolute Gasteiger partial charge is 0.335 e. The first-order valence-corrected chi connectivity index (χ1v) is 5.84. The lowest BCUT2D eigenvalue weighted by atomic mass is 10.2. The van der Waals surface area contributed by atoms with Crippen molar-refractivity contribution in [2.24, 2.45) is 5.73 Å². The molecule has 0 saturated carbocycles. The predicted octanol–water partition coefficient (Wildman–Crippen LogP) is 1.98. The van der Waals surface area contributed by atoms with Gasteiger partial charge in [-0.1, -0.05) is 23.2 Å². The van der Waals surface area contributed by atoms with Gasteiger partial charge in [0.15, 0.2) is 0 Å². The second kappa shape index (κ2) is 6.43. The van der Waals surface area contributed by atoms with Gasteiger partial charge in [-0.05, 0) is 12.1 Å². The maximum atomic E-state index is 11.7. The largest absolute Gasteiger partial charge is 0.478 e. The molecule has 0 heterocycles. The Hall–Kier alpha value is -1.74. The van der Waals surface area contributed by atoms with E-state index < -0.39 is 17.9 Å². The normalized spacial score (nSPS) is 11.5. The maximum absolute atomic E-state index is 11.7. The lowest BCUT2D eigenvalue weighted by molar-refractivity contribution is -0.117. The third-order valence-corrected chi connectivity index (χ3v) is 2.81. The van der Waals surface area contributed by atoms with Gasteiger partial charge in [0.25, 0.3) is 0 Å². The highest BCUT2D eigenvalue weighted by Crippen LogP contribution is 2.32. The van der Waals surface area contributed by atoms with Crippen LogP contribution in [0.15, 0.2) is 12.1 Å². The number of nitrogens with one attached hydrogen (secondary N) is 1. The van der Waals surface area contributed by atoms with Gasteiger partial charge in [-0.3, -0.25) is 4.79 Å². The summed E-state index contributed by atoms with van der Waals surface area (Å²) in [5, 5.41) is 11.2. The molecule has 1 aromatic carbocycles. The van der Waals surface area contributed by atoms with Crippen molar-refractivity contribution in [3.63, 3.8) is 0 Å². The van der Waals surface area contributed by atoms with Gasteiger partial charge in [-0.2, -0.15) is 0 Å². The molecule has 1 atom stereocenters. The first-order chi connectivity index (χ1) is 8.86. The number of carbonyl (C=O) groups excluding carboxylic acids is 1. The van der Waals surface area contributed by atoms with E-state index in [0.29, 0.717) is 0 Å². The number of halogens is 2. The lowest BCUT2D eigenvalue weighted by Crippen LogP contribution is -2.35. The Labute approximate surface area is 119 Å². The van der Waals surface area contributed by atoms with Crippen LogP contribution < -0.4 is 11.1 Å². The minimum absolute atomic E-state index is 0.00570. The second-order valence-electron chi connectivity index (χ2n) is 3.62. The molecule has 0 aliphatic heterocycles. The fourth-order valence-corrected chi connectivity index (χ4v) is 1.83. The van der Waals surface area contributed by atoms with E-state index in [1.807, 2.05) is 0 Å². The third kappa shape index (κ3) is 3.86. The molecule has 1 unspecified atom stereocenters. The molecular weight excluding hydrogens is 291 g/mol. The Morgan fingerprint density at radius 3 is 2.37 bits per heavy atom. The zero-order valence-corrected chi connectivity index (χ0v) is 11.1. The van der Waals surface area contributed by atoms with E-state index in [4.69, 9.17) is 40.5 Å². The Balaban J connectivity index is 3.00. The number of nitrogens with two attached hydrogens (primary N) is 1. The van der Waals surface area contributed by atoms with Gasteiger partial charge in [0.2, 0.25) is 5.91 Å². The standard InChI is InChI=1S/C12H10Cl2N2O3/c1-2-3-9(15)11(17)16-10-7(13)4-6(12(18)19)5-8(10)14/h1,4-5,9H,3,15H2,(H,16,17)(H,18,19). The summed E-state index contributed by atoms with van der Waals surface area (Å²) in [5.74, 6) is 0.532. The molecule has 0 aliphatic carbocycles. The van der Waals surface area contributed by atoms with Gasteiger partial charge in [0, 0.05) is 6.42 Å². The topological polar surface area (TPSA) is 92.4 Å². The highest BCUT2D eigenvalue weighted by molar-refractivity contribution is 6.40. The number of aromatic carboxylic acids is 1. The minimum atomic E-state index is -1.18. The number of benzene rings is 1. The van der Waals surface area contributed by atoms with E-state index in [-0.39, 0.29) is 27.7 Å². The summed E-state index contributed by atoms with van der Waals surface area (Å²) < 4.78 is 0. The van der Waals surface area contributed by atoms with Crippen LogP contribution in [0.2, 0.25) is 10.0 Å². The van der Waals surface area contributed by atoms with Crippen LogP contribution in [0.4, 0.5) is 5.69 Å². The number of rotatable bonds is 4. The molecule has 0 radical (unpaired) electrons. The van der Waals surface area contributed by atoms with Crippen molar-refractivity contribution in [3.8, 4) is 12.3 Å². The number of carboxylic acid groups (broad SMARTS) is 1. The highest BCUT2D eigenvalue weighted by Gasteiger charge is 2.17. The number of carbonyl (C=O) groups is 2. The molecular formula is C12H10Cl2N2O3. The van der Waals surface area contributed by atoms with Crippen LogP contribution in [0.3, 0.4) is 0 Å². The molecule has 1 aromatic rings. The highest BCUT2D eigenvalue weighted by atomic mass is 35.5. The first-order valence-electron chi connectivity index (χ1n) is 5.09. The van der Waals surface area contributed by atoms with Crippen molar-refractivity contribution in [2.75, 3.05) is 5.32 Å². The van der Waals surface area contributed by atoms with E-state index in [0.717, 1.165) is 0 Å². The van der Waals surface area contributed by atoms with E-state index >= 15 is 0 Å². The van der Waals surface area contributed by atoms with Crippen molar-refractivity contribution in [1.82, 2.24) is 0 Å². The van der Waals surface area contributed by atoms with Crippen LogP contribution in [-0.2, 0) is 4.79 Å². The van der Waals surface area contributed by atoms with Crippen LogP contribution in [0.1, 0.15) is 16.8 Å². The molecule has 100 valence electrons. The number of hydrogen-bond donors (Lipinski definition) is 3. The zero-order chi connectivity index (χ0) is 14.6.